The lowest BCUT2D eigenvalue weighted by Crippen LogP contribution is -1.82. The summed E-state index contributed by atoms with van der Waals surface area (Å²) in [6.45, 7) is 3.66. The van der Waals surface area contributed by atoms with Gasteiger partial charge in [0.15, 0.2) is 5.82 Å². The Kier molecular flexibility index (Phi) is 2.62. The molecule has 2 heteroatoms. The molecule has 0 bridgehead atoms. The Morgan fingerprint density at radius 1 is 1.40 bits per heavy atom. The zero-order valence-electron chi connectivity index (χ0n) is 5.70. The van der Waals surface area contributed by atoms with E-state index < -0.39 is 0 Å². The van der Waals surface area contributed by atoms with E-state index >= 15 is 0 Å². The predicted molar refractivity (Wildman–Crippen MR) is 41.0 cm³/mol. The number of hydrogen-bond acceptors (Lipinski definition) is 2. The smallest absolute Gasteiger partial charge is 0.151 e. The van der Waals surface area contributed by atoms with Gasteiger partial charge in [-0.15, -0.1) is 0 Å². The molecular formula is C8H9N2. The first-order valence-electron chi connectivity index (χ1n) is 3.16. The van der Waals surface area contributed by atoms with Gasteiger partial charge in [-0.3, -0.25) is 0 Å². The second-order valence-corrected chi connectivity index (χ2v) is 1.80. The van der Waals surface area contributed by atoms with Crippen molar-refractivity contribution in [3.63, 3.8) is 0 Å². The second-order valence-electron chi connectivity index (χ2n) is 1.80. The Bertz CT molecular complexity index is 204. The van der Waals surface area contributed by atoms with Crippen molar-refractivity contribution in [2.24, 2.45) is 0 Å². The highest BCUT2D eigenvalue weighted by Crippen LogP contribution is 1.91. The monoisotopic (exact) mass is 133 g/mol. The molecular weight excluding hydrogens is 124 g/mol. The van der Waals surface area contributed by atoms with Crippen LogP contribution in [0.4, 0.5) is 0 Å². The quantitative estimate of drug-likeness (QED) is 0.613. The highest BCUT2D eigenvalue weighted by Gasteiger charge is 1.82. The molecule has 0 saturated carbocycles. The van der Waals surface area contributed by atoms with Crippen molar-refractivity contribution in [2.45, 2.75) is 6.42 Å². The molecule has 2 nitrogen and oxygen atoms in total. The Morgan fingerprint density at radius 2 is 2.10 bits per heavy atom. The van der Waals surface area contributed by atoms with Gasteiger partial charge in [0, 0.05) is 12.4 Å². The van der Waals surface area contributed by atoms with Gasteiger partial charge in [0.05, 0.1) is 0 Å². The number of hydrogen-bond donors (Lipinski definition) is 0. The molecule has 1 radical (unpaired) electrons. The molecule has 0 aromatic carbocycles. The van der Waals surface area contributed by atoms with Gasteiger partial charge in [-0.1, -0.05) is 6.08 Å². The summed E-state index contributed by atoms with van der Waals surface area (Å²) < 4.78 is 0. The molecule has 0 aliphatic heterocycles. The van der Waals surface area contributed by atoms with Crippen LogP contribution in [0.15, 0.2) is 24.5 Å². The fraction of sp³-hybridized carbons (Fsp3) is 0.125. The molecule has 1 rings (SSSR count). The fourth-order valence-corrected chi connectivity index (χ4v) is 0.585. The highest BCUT2D eigenvalue weighted by molar-refractivity contribution is 5.38. The minimum atomic E-state index is 0.742. The minimum absolute atomic E-state index is 0.742. The van der Waals surface area contributed by atoms with E-state index in [-0.39, 0.29) is 0 Å². The first-order valence-corrected chi connectivity index (χ1v) is 3.16. The number of nitrogens with zero attached hydrogens (tertiary/aromatic N) is 2. The maximum atomic E-state index is 3.99. The van der Waals surface area contributed by atoms with Crippen LogP contribution in [0.1, 0.15) is 12.2 Å². The standard InChI is InChI=1S/C8H9N2/c1-2-3-5-8-9-6-4-7-10-8/h3-7H,1-2H2/b5-3+. The van der Waals surface area contributed by atoms with E-state index in [2.05, 4.69) is 16.9 Å². The largest absolute Gasteiger partial charge is 0.237 e. The lowest BCUT2D eigenvalue weighted by Gasteiger charge is -1.86. The average Bonchev–Trinajstić information content (AvgIpc) is 2.03. The van der Waals surface area contributed by atoms with Gasteiger partial charge >= 0.3 is 0 Å². The molecule has 10 heavy (non-hydrogen) atoms. The van der Waals surface area contributed by atoms with Gasteiger partial charge in [0.2, 0.25) is 0 Å². The first kappa shape index (κ1) is 6.93. The molecule has 1 aromatic heterocycles. The normalized spacial score (nSPS) is 10.5. The van der Waals surface area contributed by atoms with Crippen LogP contribution in [0.5, 0.6) is 0 Å². The topological polar surface area (TPSA) is 25.8 Å². The summed E-state index contributed by atoms with van der Waals surface area (Å²) in [4.78, 5) is 7.98. The van der Waals surface area contributed by atoms with Gasteiger partial charge in [0.25, 0.3) is 0 Å². The second kappa shape index (κ2) is 3.77. The van der Waals surface area contributed by atoms with Crippen molar-refractivity contribution in [3.8, 4) is 0 Å². The van der Waals surface area contributed by atoms with Gasteiger partial charge in [-0.05, 0) is 25.5 Å². The summed E-state index contributed by atoms with van der Waals surface area (Å²) in [7, 11) is 0. The van der Waals surface area contributed by atoms with Gasteiger partial charge in [-0.25, -0.2) is 9.97 Å². The summed E-state index contributed by atoms with van der Waals surface area (Å²) in [5.74, 6) is 0.742. The van der Waals surface area contributed by atoms with Gasteiger partial charge in [0.1, 0.15) is 0 Å². The van der Waals surface area contributed by atoms with E-state index in [1.54, 1.807) is 18.5 Å². The molecule has 0 atom stereocenters. The fourth-order valence-electron chi connectivity index (χ4n) is 0.585. The molecule has 0 spiro atoms. The third-order valence-electron chi connectivity index (χ3n) is 1.02. The third kappa shape index (κ3) is 1.97. The molecule has 1 aromatic rings. The average molecular weight is 133 g/mol. The summed E-state index contributed by atoms with van der Waals surface area (Å²) in [5.41, 5.74) is 0. The molecule has 0 fully saturated rings. The van der Waals surface area contributed by atoms with Crippen molar-refractivity contribution in [3.05, 3.63) is 37.3 Å². The maximum Gasteiger partial charge on any atom is 0.151 e. The summed E-state index contributed by atoms with van der Waals surface area (Å²) >= 11 is 0. The molecule has 0 amide bonds. The Hall–Kier alpha value is -1.18. The van der Waals surface area contributed by atoms with Crippen molar-refractivity contribution in [2.75, 3.05) is 0 Å². The van der Waals surface area contributed by atoms with E-state index in [0.717, 1.165) is 12.2 Å². The lowest BCUT2D eigenvalue weighted by atomic mass is 10.4. The maximum absolute atomic E-state index is 3.99. The van der Waals surface area contributed by atoms with E-state index in [0.29, 0.717) is 0 Å². The van der Waals surface area contributed by atoms with Crippen LogP contribution in [0.2, 0.25) is 0 Å². The molecule has 51 valence electrons. The Morgan fingerprint density at radius 3 is 2.70 bits per heavy atom. The van der Waals surface area contributed by atoms with E-state index in [4.69, 9.17) is 0 Å². The lowest BCUT2D eigenvalue weighted by molar-refractivity contribution is 1.13. The van der Waals surface area contributed by atoms with Crippen molar-refractivity contribution in [1.82, 2.24) is 9.97 Å². The Balaban J connectivity index is 2.67. The highest BCUT2D eigenvalue weighted by atomic mass is 14.8. The van der Waals surface area contributed by atoms with E-state index in [1.807, 2.05) is 12.2 Å². The first-order chi connectivity index (χ1) is 4.93. The van der Waals surface area contributed by atoms with E-state index in [1.165, 1.54) is 0 Å². The van der Waals surface area contributed by atoms with Crippen LogP contribution in [0, 0.1) is 6.92 Å². The van der Waals surface area contributed by atoms with Crippen LogP contribution >= 0.6 is 0 Å². The molecule has 0 saturated heterocycles. The van der Waals surface area contributed by atoms with Crippen molar-refractivity contribution in [1.29, 1.82) is 0 Å². The molecule has 0 N–H and O–H groups in total. The van der Waals surface area contributed by atoms with Crippen molar-refractivity contribution >= 4 is 6.08 Å². The summed E-state index contributed by atoms with van der Waals surface area (Å²) in [6.07, 6.45) is 7.99. The van der Waals surface area contributed by atoms with Crippen LogP contribution in [-0.4, -0.2) is 9.97 Å². The van der Waals surface area contributed by atoms with Crippen LogP contribution in [0.25, 0.3) is 6.08 Å². The minimum Gasteiger partial charge on any atom is -0.237 e. The van der Waals surface area contributed by atoms with Crippen molar-refractivity contribution < 1.29 is 0 Å². The van der Waals surface area contributed by atoms with E-state index in [9.17, 15) is 0 Å². The molecule has 0 unspecified atom stereocenters. The van der Waals surface area contributed by atoms with Crippen LogP contribution < -0.4 is 0 Å². The molecule has 1 heterocycles. The van der Waals surface area contributed by atoms with Crippen LogP contribution in [0.3, 0.4) is 0 Å². The zero-order valence-corrected chi connectivity index (χ0v) is 5.70. The van der Waals surface area contributed by atoms with Crippen LogP contribution in [-0.2, 0) is 0 Å². The zero-order chi connectivity index (χ0) is 7.23. The number of rotatable bonds is 2. The SMILES string of the molecule is [CH2]C/C=C/c1ncccn1. The number of aromatic nitrogens is 2. The predicted octanol–water partition coefficient (Wildman–Crippen LogP) is 1.71. The number of allylic oxidation sites excluding steroid dienone is 1. The summed E-state index contributed by atoms with van der Waals surface area (Å²) in [5, 5.41) is 0. The molecule has 0 aliphatic carbocycles. The Labute approximate surface area is 60.6 Å². The van der Waals surface area contributed by atoms with Gasteiger partial charge in [-0.2, -0.15) is 0 Å². The molecule has 0 aliphatic rings. The van der Waals surface area contributed by atoms with Gasteiger partial charge < -0.3 is 0 Å². The third-order valence-corrected chi connectivity index (χ3v) is 1.02. The summed E-state index contributed by atoms with van der Waals surface area (Å²) in [6, 6.07) is 1.79.